The van der Waals surface area contributed by atoms with Gasteiger partial charge in [0.05, 0.1) is 4.90 Å². The highest BCUT2D eigenvalue weighted by atomic mass is 32.2. The lowest BCUT2D eigenvalue weighted by Crippen LogP contribution is -2.05. The maximum Gasteiger partial charge on any atom is 0.175 e. The first-order valence-electron chi connectivity index (χ1n) is 8.71. The summed E-state index contributed by atoms with van der Waals surface area (Å²) in [6.45, 7) is 2.21. The minimum Gasteiger partial charge on any atom is -0.489 e. The van der Waals surface area contributed by atoms with E-state index in [2.05, 4.69) is 0 Å². The van der Waals surface area contributed by atoms with Crippen LogP contribution < -0.4 is 10.5 Å². The Hall–Kier alpha value is -2.63. The molecule has 0 bridgehead atoms. The molecule has 0 radical (unpaired) electrons. The molecule has 0 spiro atoms. The van der Waals surface area contributed by atoms with Gasteiger partial charge in [-0.1, -0.05) is 36.4 Å². The lowest BCUT2D eigenvalue weighted by molar-refractivity contribution is 0.306. The molecule has 0 heterocycles. The van der Waals surface area contributed by atoms with E-state index in [1.807, 2.05) is 67.6 Å². The molecule has 3 aromatic rings. The number of ether oxygens (including phenoxy) is 1. The third-order valence-corrected chi connectivity index (χ3v) is 5.38. The zero-order valence-corrected chi connectivity index (χ0v) is 16.2. The minimum atomic E-state index is -3.35. The summed E-state index contributed by atoms with van der Waals surface area (Å²) in [7, 11) is -3.35. The topological polar surface area (TPSA) is 69.4 Å². The number of hydrogen-bond donors (Lipinski definition) is 1. The van der Waals surface area contributed by atoms with Crippen molar-refractivity contribution >= 4 is 9.84 Å². The molecule has 140 valence electrons. The molecule has 0 aliphatic rings. The van der Waals surface area contributed by atoms with Crippen LogP contribution in [0.25, 0.3) is 11.1 Å². The highest BCUT2D eigenvalue weighted by Crippen LogP contribution is 2.27. The average Bonchev–Trinajstić information content (AvgIpc) is 2.66. The largest absolute Gasteiger partial charge is 0.489 e. The number of nitrogens with two attached hydrogens (primary N) is 1. The average molecular weight is 381 g/mol. The molecule has 0 aliphatic carbocycles. The van der Waals surface area contributed by atoms with Crippen molar-refractivity contribution in [3.8, 4) is 16.9 Å². The smallest absolute Gasteiger partial charge is 0.175 e. The second kappa shape index (κ2) is 7.94. The Morgan fingerprint density at radius 3 is 2.33 bits per heavy atom. The van der Waals surface area contributed by atoms with Gasteiger partial charge < -0.3 is 10.5 Å². The van der Waals surface area contributed by atoms with Crippen LogP contribution in [0.15, 0.2) is 77.7 Å². The second-order valence-electron chi connectivity index (χ2n) is 6.65. The van der Waals surface area contributed by atoms with Crippen LogP contribution in [0.4, 0.5) is 0 Å². The molecule has 3 aromatic carbocycles. The van der Waals surface area contributed by atoms with Crippen LogP contribution in [0.1, 0.15) is 24.1 Å². The first-order chi connectivity index (χ1) is 12.8. The summed E-state index contributed by atoms with van der Waals surface area (Å²) < 4.78 is 30.1. The lowest BCUT2D eigenvalue weighted by atomic mass is 9.99. The zero-order valence-electron chi connectivity index (χ0n) is 15.4. The Morgan fingerprint density at radius 2 is 1.67 bits per heavy atom. The van der Waals surface area contributed by atoms with Gasteiger partial charge in [0.1, 0.15) is 12.4 Å². The Kier molecular flexibility index (Phi) is 5.63. The predicted octanol–water partition coefficient (Wildman–Crippen LogP) is 4.36. The van der Waals surface area contributed by atoms with Gasteiger partial charge in [-0.05, 0) is 65.6 Å². The van der Waals surface area contributed by atoms with Gasteiger partial charge in [-0.15, -0.1) is 0 Å². The third kappa shape index (κ3) is 4.96. The summed E-state index contributed by atoms with van der Waals surface area (Å²) in [6.07, 6.45) is 1.21. The molecule has 4 nitrogen and oxygen atoms in total. The van der Waals surface area contributed by atoms with Crippen LogP contribution >= 0.6 is 0 Å². The number of hydrogen-bond acceptors (Lipinski definition) is 4. The first-order valence-corrected chi connectivity index (χ1v) is 10.6. The summed E-state index contributed by atoms with van der Waals surface area (Å²) >= 11 is 0. The van der Waals surface area contributed by atoms with Gasteiger partial charge in [-0.25, -0.2) is 8.42 Å². The van der Waals surface area contributed by atoms with E-state index in [1.165, 1.54) is 6.26 Å². The molecule has 0 aliphatic heterocycles. The van der Waals surface area contributed by atoms with Crippen molar-refractivity contribution in [2.45, 2.75) is 24.5 Å². The van der Waals surface area contributed by atoms with Crippen molar-refractivity contribution in [2.75, 3.05) is 6.26 Å². The van der Waals surface area contributed by atoms with Gasteiger partial charge in [-0.2, -0.15) is 0 Å². The van der Waals surface area contributed by atoms with Gasteiger partial charge in [0.2, 0.25) is 0 Å². The van der Waals surface area contributed by atoms with Crippen molar-refractivity contribution in [3.05, 3.63) is 83.9 Å². The fourth-order valence-corrected chi connectivity index (χ4v) is 3.52. The lowest BCUT2D eigenvalue weighted by Gasteiger charge is -2.12. The summed E-state index contributed by atoms with van der Waals surface area (Å²) in [5.74, 6) is 0.739. The molecule has 0 saturated carbocycles. The zero-order chi connectivity index (χ0) is 19.4. The number of rotatable bonds is 6. The van der Waals surface area contributed by atoms with Crippen LogP contribution in [0.3, 0.4) is 0 Å². The molecule has 5 heteroatoms. The highest BCUT2D eigenvalue weighted by molar-refractivity contribution is 7.90. The maximum atomic E-state index is 12.2. The first kappa shape index (κ1) is 19.1. The van der Waals surface area contributed by atoms with E-state index in [1.54, 1.807) is 12.1 Å². The minimum absolute atomic E-state index is 0.0936. The second-order valence-corrected chi connectivity index (χ2v) is 8.67. The Bertz CT molecular complexity index is 1030. The SMILES string of the molecule is CC(N)c1cccc(-c2cc(COc3ccccc3)cc(S(C)(=O)=O)c2)c1. The molecular weight excluding hydrogens is 358 g/mol. The normalized spacial score (nSPS) is 12.6. The van der Waals surface area contributed by atoms with Crippen LogP contribution in [0, 0.1) is 0 Å². The molecule has 2 N–H and O–H groups in total. The van der Waals surface area contributed by atoms with Crippen molar-refractivity contribution in [2.24, 2.45) is 5.73 Å². The standard InChI is InChI=1S/C22H23NO3S/c1-16(23)18-7-6-8-19(13-18)20-11-17(12-22(14-20)27(2,24)25)15-26-21-9-4-3-5-10-21/h3-14,16H,15,23H2,1-2H3. The molecule has 27 heavy (non-hydrogen) atoms. The van der Waals surface area contributed by atoms with E-state index in [9.17, 15) is 8.42 Å². The molecule has 1 atom stereocenters. The van der Waals surface area contributed by atoms with Crippen molar-refractivity contribution in [3.63, 3.8) is 0 Å². The summed E-state index contributed by atoms with van der Waals surface area (Å²) in [4.78, 5) is 0.276. The van der Waals surface area contributed by atoms with Gasteiger partial charge in [-0.3, -0.25) is 0 Å². The molecule has 3 rings (SSSR count). The predicted molar refractivity (Wildman–Crippen MR) is 108 cm³/mol. The van der Waals surface area contributed by atoms with E-state index < -0.39 is 9.84 Å². The van der Waals surface area contributed by atoms with Gasteiger partial charge in [0.25, 0.3) is 0 Å². The van der Waals surface area contributed by atoms with Crippen molar-refractivity contribution < 1.29 is 13.2 Å². The van der Waals surface area contributed by atoms with Crippen molar-refractivity contribution in [1.82, 2.24) is 0 Å². The van der Waals surface area contributed by atoms with Crippen LogP contribution in [0.2, 0.25) is 0 Å². The van der Waals surface area contributed by atoms with Gasteiger partial charge in [0.15, 0.2) is 9.84 Å². The number of benzene rings is 3. The fourth-order valence-electron chi connectivity index (χ4n) is 2.81. The summed E-state index contributed by atoms with van der Waals surface area (Å²) in [5, 5.41) is 0. The van der Waals surface area contributed by atoms with Gasteiger partial charge in [0, 0.05) is 12.3 Å². The van der Waals surface area contributed by atoms with Crippen LogP contribution in [0.5, 0.6) is 5.75 Å². The van der Waals surface area contributed by atoms with Crippen LogP contribution in [-0.4, -0.2) is 14.7 Å². The molecule has 0 aromatic heterocycles. The van der Waals surface area contributed by atoms with Crippen molar-refractivity contribution in [1.29, 1.82) is 0 Å². The number of sulfone groups is 1. The number of para-hydroxylation sites is 1. The molecule has 1 unspecified atom stereocenters. The maximum absolute atomic E-state index is 12.2. The monoisotopic (exact) mass is 381 g/mol. The third-order valence-electron chi connectivity index (χ3n) is 4.29. The van der Waals surface area contributed by atoms with Crippen LogP contribution in [-0.2, 0) is 16.4 Å². The summed E-state index contributed by atoms with van der Waals surface area (Å²) in [5.41, 5.74) is 9.53. The van der Waals surface area contributed by atoms with E-state index in [-0.39, 0.29) is 17.5 Å². The van der Waals surface area contributed by atoms with E-state index in [0.29, 0.717) is 0 Å². The Labute approximate surface area is 160 Å². The quantitative estimate of drug-likeness (QED) is 0.689. The molecular formula is C22H23NO3S. The van der Waals surface area contributed by atoms with E-state index in [4.69, 9.17) is 10.5 Å². The van der Waals surface area contributed by atoms with E-state index >= 15 is 0 Å². The Balaban J connectivity index is 1.99. The van der Waals surface area contributed by atoms with E-state index in [0.717, 1.165) is 28.0 Å². The highest BCUT2D eigenvalue weighted by Gasteiger charge is 2.12. The molecule has 0 amide bonds. The van der Waals surface area contributed by atoms with Gasteiger partial charge >= 0.3 is 0 Å². The summed E-state index contributed by atoms with van der Waals surface area (Å²) in [6, 6.07) is 22.5. The molecule has 0 fully saturated rings. The fraction of sp³-hybridized carbons (Fsp3) is 0.182. The Morgan fingerprint density at radius 1 is 0.926 bits per heavy atom. The molecule has 0 saturated heterocycles.